The van der Waals surface area contributed by atoms with Gasteiger partial charge in [-0.2, -0.15) is 0 Å². The van der Waals surface area contributed by atoms with Gasteiger partial charge in [-0.15, -0.1) is 0 Å². The molecule has 0 spiro atoms. The number of carbonyl (C=O) groups is 2. The van der Waals surface area contributed by atoms with Gasteiger partial charge in [0.1, 0.15) is 12.7 Å². The molecule has 0 aliphatic heterocycles. The van der Waals surface area contributed by atoms with Crippen molar-refractivity contribution in [3.8, 4) is 0 Å². The number of hydrogen-bond acceptors (Lipinski definition) is 7. The zero-order chi connectivity index (χ0) is 42.5. The maximum Gasteiger partial charge on any atom is 0.472 e. The monoisotopic (exact) mass is 834 g/mol. The summed E-state index contributed by atoms with van der Waals surface area (Å²) in [6.45, 7) is 3.46. The molecule has 2 atom stereocenters. The normalized spacial score (nSPS) is 13.9. The molecule has 0 heterocycles. The molecule has 0 rings (SSSR count). The predicted octanol–water partition coefficient (Wildman–Crippen LogP) is 13.0. The SMILES string of the molecule is CCCCC/C=C\C/C=C\C/C=C\C/C=C\CCCCCC(=O)OCC(O)COP(=O)(O)OCCNC(=O)CCCCCCCCC/C=C\C/C=C\CCCCCC. The Balaban J connectivity index is 3.67. The van der Waals surface area contributed by atoms with Crippen molar-refractivity contribution < 1.29 is 37.9 Å². The van der Waals surface area contributed by atoms with E-state index in [1.54, 1.807) is 0 Å². The molecule has 0 aliphatic carbocycles. The molecule has 0 aromatic rings. The van der Waals surface area contributed by atoms with E-state index in [1.807, 2.05) is 0 Å². The minimum atomic E-state index is -4.43. The van der Waals surface area contributed by atoms with Crippen LogP contribution in [0.4, 0.5) is 0 Å². The molecule has 1 amide bonds. The van der Waals surface area contributed by atoms with E-state index in [4.69, 9.17) is 13.8 Å². The van der Waals surface area contributed by atoms with Crippen molar-refractivity contribution in [2.75, 3.05) is 26.4 Å². The summed E-state index contributed by atoms with van der Waals surface area (Å²) in [5, 5.41) is 12.7. The largest absolute Gasteiger partial charge is 0.472 e. The first-order valence-electron chi connectivity index (χ1n) is 22.9. The lowest BCUT2D eigenvalue weighted by atomic mass is 10.1. The van der Waals surface area contributed by atoms with Crippen LogP contribution in [0.15, 0.2) is 72.9 Å². The molecule has 0 radical (unpaired) electrons. The highest BCUT2D eigenvalue weighted by Gasteiger charge is 2.23. The fourth-order valence-electron chi connectivity index (χ4n) is 5.86. The Morgan fingerprint density at radius 2 is 0.931 bits per heavy atom. The number of hydrogen-bond donors (Lipinski definition) is 3. The Morgan fingerprint density at radius 1 is 0.534 bits per heavy atom. The summed E-state index contributed by atoms with van der Waals surface area (Å²) in [5.74, 6) is -0.559. The average molecular weight is 834 g/mol. The third-order valence-corrected chi connectivity index (χ3v) is 10.3. The van der Waals surface area contributed by atoms with Crippen molar-refractivity contribution in [2.45, 2.75) is 193 Å². The number of phosphoric ester groups is 1. The number of aliphatic hydroxyl groups excluding tert-OH is 1. The van der Waals surface area contributed by atoms with Crippen LogP contribution in [0.2, 0.25) is 0 Å². The Morgan fingerprint density at radius 3 is 1.45 bits per heavy atom. The third kappa shape index (κ3) is 44.6. The van der Waals surface area contributed by atoms with E-state index in [0.717, 1.165) is 70.6 Å². The Kier molecular flexibility index (Phi) is 42.1. The molecule has 0 aromatic carbocycles. The number of amides is 1. The molecule has 0 aromatic heterocycles. The summed E-state index contributed by atoms with van der Waals surface area (Å²) in [7, 11) is -4.43. The first-order chi connectivity index (χ1) is 28.3. The summed E-state index contributed by atoms with van der Waals surface area (Å²) in [6.07, 6.45) is 54.0. The van der Waals surface area contributed by atoms with E-state index >= 15 is 0 Å². The van der Waals surface area contributed by atoms with Crippen LogP contribution in [-0.2, 0) is 27.9 Å². The van der Waals surface area contributed by atoms with Crippen molar-refractivity contribution in [1.82, 2.24) is 5.32 Å². The second-order valence-electron chi connectivity index (χ2n) is 15.0. The van der Waals surface area contributed by atoms with Crippen LogP contribution >= 0.6 is 7.82 Å². The first-order valence-corrected chi connectivity index (χ1v) is 24.4. The van der Waals surface area contributed by atoms with Gasteiger partial charge in [0.25, 0.3) is 0 Å². The highest BCUT2D eigenvalue weighted by Crippen LogP contribution is 2.42. The number of esters is 1. The molecule has 0 saturated heterocycles. The predicted molar refractivity (Wildman–Crippen MR) is 243 cm³/mol. The van der Waals surface area contributed by atoms with Crippen molar-refractivity contribution in [3.63, 3.8) is 0 Å². The van der Waals surface area contributed by atoms with Gasteiger partial charge in [-0.1, -0.05) is 157 Å². The third-order valence-electron chi connectivity index (χ3n) is 9.36. The molecule has 9 nitrogen and oxygen atoms in total. The van der Waals surface area contributed by atoms with Gasteiger partial charge in [0.15, 0.2) is 0 Å². The quantitative estimate of drug-likeness (QED) is 0.0240. The topological polar surface area (TPSA) is 131 Å². The molecule has 0 aliphatic rings. The number of nitrogens with one attached hydrogen (secondary N) is 1. The number of ether oxygens (including phenoxy) is 1. The number of rotatable bonds is 42. The molecule has 3 N–H and O–H groups in total. The van der Waals surface area contributed by atoms with Gasteiger partial charge in [0, 0.05) is 19.4 Å². The molecule has 334 valence electrons. The minimum Gasteiger partial charge on any atom is -0.463 e. The van der Waals surface area contributed by atoms with E-state index in [9.17, 15) is 24.2 Å². The molecule has 0 saturated carbocycles. The maximum absolute atomic E-state index is 12.1. The van der Waals surface area contributed by atoms with Gasteiger partial charge in [-0.3, -0.25) is 18.6 Å². The van der Waals surface area contributed by atoms with E-state index in [2.05, 4.69) is 92.1 Å². The van der Waals surface area contributed by atoms with Crippen molar-refractivity contribution in [1.29, 1.82) is 0 Å². The average Bonchev–Trinajstić information content (AvgIpc) is 3.21. The zero-order valence-electron chi connectivity index (χ0n) is 36.7. The molecular formula is C48H84NO8P. The number of allylic oxidation sites excluding steroid dienone is 12. The van der Waals surface area contributed by atoms with E-state index in [0.29, 0.717) is 12.8 Å². The van der Waals surface area contributed by atoms with Gasteiger partial charge >= 0.3 is 13.8 Å². The van der Waals surface area contributed by atoms with Crippen molar-refractivity contribution in [2.24, 2.45) is 0 Å². The second kappa shape index (κ2) is 44.0. The Bertz CT molecular complexity index is 1180. The van der Waals surface area contributed by atoms with E-state index in [1.165, 1.54) is 83.5 Å². The van der Waals surface area contributed by atoms with Gasteiger partial charge in [0.2, 0.25) is 5.91 Å². The van der Waals surface area contributed by atoms with E-state index in [-0.39, 0.29) is 32.1 Å². The Labute approximate surface area is 354 Å². The standard InChI is InChI=1S/C48H84NO8P/c1-3-5-7-9-11-13-15-17-19-21-23-25-27-29-31-33-35-37-39-41-48(52)55-44-46(50)45-57-58(53,54)56-43-42-49-47(51)40-38-36-34-32-30-28-26-24-22-20-18-16-14-12-10-8-6-4-2/h11,13-14,16-17,19-20,22-23,25,29,31,46,50H,3-10,12,15,18,21,24,26-28,30,32-45H2,1-2H3,(H,49,51)(H,53,54)/b13-11-,16-14-,19-17-,22-20-,25-23-,31-29-. The van der Waals surface area contributed by atoms with Crippen LogP contribution in [0.3, 0.4) is 0 Å². The molecule has 58 heavy (non-hydrogen) atoms. The minimum absolute atomic E-state index is 0.0697. The van der Waals surface area contributed by atoms with Gasteiger partial charge in [-0.05, 0) is 89.9 Å². The molecule has 10 heteroatoms. The summed E-state index contributed by atoms with van der Waals surface area (Å²) in [4.78, 5) is 34.0. The van der Waals surface area contributed by atoms with Crippen LogP contribution in [0.1, 0.15) is 187 Å². The number of aliphatic hydroxyl groups is 1. The van der Waals surface area contributed by atoms with Crippen LogP contribution in [0.25, 0.3) is 0 Å². The molecule has 0 fully saturated rings. The summed E-state index contributed by atoms with van der Waals surface area (Å²) < 4.78 is 26.9. The van der Waals surface area contributed by atoms with Crippen molar-refractivity contribution in [3.05, 3.63) is 72.9 Å². The molecule has 0 bridgehead atoms. The van der Waals surface area contributed by atoms with Gasteiger partial charge < -0.3 is 20.1 Å². The lowest BCUT2D eigenvalue weighted by Gasteiger charge is -2.15. The lowest BCUT2D eigenvalue weighted by molar-refractivity contribution is -0.147. The highest BCUT2D eigenvalue weighted by molar-refractivity contribution is 7.47. The van der Waals surface area contributed by atoms with Crippen LogP contribution < -0.4 is 5.32 Å². The summed E-state index contributed by atoms with van der Waals surface area (Å²) in [6, 6.07) is 0. The van der Waals surface area contributed by atoms with Crippen molar-refractivity contribution >= 4 is 19.7 Å². The van der Waals surface area contributed by atoms with Crippen LogP contribution in [0, 0.1) is 0 Å². The van der Waals surface area contributed by atoms with Gasteiger partial charge in [-0.25, -0.2) is 4.57 Å². The summed E-state index contributed by atoms with van der Waals surface area (Å²) >= 11 is 0. The number of carbonyl (C=O) groups excluding carboxylic acids is 2. The van der Waals surface area contributed by atoms with Gasteiger partial charge in [0.05, 0.1) is 13.2 Å². The molecule has 2 unspecified atom stereocenters. The van der Waals surface area contributed by atoms with E-state index < -0.39 is 26.5 Å². The smallest absolute Gasteiger partial charge is 0.463 e. The van der Waals surface area contributed by atoms with Crippen LogP contribution in [-0.4, -0.2) is 54.3 Å². The maximum atomic E-state index is 12.1. The second-order valence-corrected chi connectivity index (χ2v) is 16.5. The lowest BCUT2D eigenvalue weighted by Crippen LogP contribution is -2.27. The number of phosphoric acid groups is 1. The zero-order valence-corrected chi connectivity index (χ0v) is 37.6. The fraction of sp³-hybridized carbons (Fsp3) is 0.708. The highest BCUT2D eigenvalue weighted by atomic mass is 31.2. The van der Waals surface area contributed by atoms with Crippen LogP contribution in [0.5, 0.6) is 0 Å². The molecular weight excluding hydrogens is 750 g/mol. The first kappa shape index (κ1) is 55.5. The summed E-state index contributed by atoms with van der Waals surface area (Å²) in [5.41, 5.74) is 0. The fourth-order valence-corrected chi connectivity index (χ4v) is 6.62. The number of unbranched alkanes of at least 4 members (excludes halogenated alkanes) is 17. The Hall–Kier alpha value is -2.55.